The molecule has 4 rings (SSSR count). The summed E-state index contributed by atoms with van der Waals surface area (Å²) in [4.78, 5) is 28.6. The quantitative estimate of drug-likeness (QED) is 0.246. The number of methoxy groups -OCH3 is 3. The Bertz CT molecular complexity index is 1330. The predicted octanol–water partition coefficient (Wildman–Crippen LogP) is 0.935. The minimum absolute atomic E-state index is 0.0110. The van der Waals surface area contributed by atoms with E-state index in [2.05, 4.69) is 5.32 Å². The van der Waals surface area contributed by atoms with Crippen molar-refractivity contribution in [1.82, 2.24) is 10.2 Å². The van der Waals surface area contributed by atoms with Gasteiger partial charge in [0.25, 0.3) is 0 Å². The van der Waals surface area contributed by atoms with Gasteiger partial charge in [-0.05, 0) is 60.9 Å². The molecule has 2 amide bonds. The highest BCUT2D eigenvalue weighted by atomic mass is 16.5. The molecular formula is C31H40N2O10. The molecule has 1 aliphatic carbocycles. The van der Waals surface area contributed by atoms with Gasteiger partial charge in [-0.3, -0.25) is 9.59 Å². The highest BCUT2D eigenvalue weighted by Crippen LogP contribution is 2.51. The number of hydrogen-bond acceptors (Lipinski definition) is 10. The van der Waals surface area contributed by atoms with Crippen LogP contribution < -0.4 is 24.3 Å². The first kappa shape index (κ1) is 32.1. The van der Waals surface area contributed by atoms with Crippen LogP contribution in [0, 0.1) is 0 Å². The van der Waals surface area contributed by atoms with Crippen molar-refractivity contribution in [2.24, 2.45) is 0 Å². The van der Waals surface area contributed by atoms with E-state index in [1.54, 1.807) is 51.5 Å². The van der Waals surface area contributed by atoms with Crippen molar-refractivity contribution in [1.29, 1.82) is 0 Å². The van der Waals surface area contributed by atoms with E-state index in [9.17, 15) is 24.9 Å². The minimum atomic E-state index is -1.24. The third-order valence-corrected chi connectivity index (χ3v) is 7.71. The van der Waals surface area contributed by atoms with E-state index < -0.39 is 30.1 Å². The van der Waals surface area contributed by atoms with Gasteiger partial charge in [0.1, 0.15) is 30.3 Å². The second kappa shape index (κ2) is 14.6. The third-order valence-electron chi connectivity index (χ3n) is 7.71. The van der Waals surface area contributed by atoms with Crippen molar-refractivity contribution in [2.45, 2.75) is 44.1 Å². The summed E-state index contributed by atoms with van der Waals surface area (Å²) in [6.07, 6.45) is -0.255. The van der Waals surface area contributed by atoms with Crippen molar-refractivity contribution < 1.29 is 48.6 Å². The summed E-state index contributed by atoms with van der Waals surface area (Å²) >= 11 is 0. The maximum absolute atomic E-state index is 13.6. The summed E-state index contributed by atoms with van der Waals surface area (Å²) in [5, 5.41) is 33.7. The van der Waals surface area contributed by atoms with Crippen molar-refractivity contribution in [3.63, 3.8) is 0 Å². The largest absolute Gasteiger partial charge is 0.497 e. The van der Waals surface area contributed by atoms with E-state index in [-0.39, 0.29) is 44.4 Å². The van der Waals surface area contributed by atoms with Crippen LogP contribution in [0.2, 0.25) is 0 Å². The minimum Gasteiger partial charge on any atom is -0.497 e. The molecule has 0 fully saturated rings. The molecule has 0 bridgehead atoms. The average Bonchev–Trinajstić information content (AvgIpc) is 3.42. The van der Waals surface area contributed by atoms with Gasteiger partial charge in [0.15, 0.2) is 11.5 Å². The lowest BCUT2D eigenvalue weighted by atomic mass is 9.77. The smallest absolute Gasteiger partial charge is 0.249 e. The molecule has 0 spiro atoms. The zero-order chi connectivity index (χ0) is 31.1. The van der Waals surface area contributed by atoms with Gasteiger partial charge in [-0.25, -0.2) is 0 Å². The van der Waals surface area contributed by atoms with Gasteiger partial charge in [0.05, 0.1) is 46.5 Å². The first-order chi connectivity index (χ1) is 20.8. The van der Waals surface area contributed by atoms with Crippen LogP contribution in [0.5, 0.6) is 23.0 Å². The fourth-order valence-corrected chi connectivity index (χ4v) is 5.65. The van der Waals surface area contributed by atoms with E-state index in [0.29, 0.717) is 47.2 Å². The lowest BCUT2D eigenvalue weighted by molar-refractivity contribution is -0.141. The van der Waals surface area contributed by atoms with Gasteiger partial charge >= 0.3 is 0 Å². The Balaban J connectivity index is 1.77. The third kappa shape index (κ3) is 6.72. The number of nitrogens with zero attached hydrogens (tertiary/aromatic N) is 1. The van der Waals surface area contributed by atoms with Gasteiger partial charge in [0.2, 0.25) is 11.8 Å². The number of aliphatic hydroxyl groups is 3. The molecule has 4 unspecified atom stereocenters. The number of nitrogens with one attached hydrogen (secondary N) is 1. The van der Waals surface area contributed by atoms with Crippen LogP contribution >= 0.6 is 0 Å². The Morgan fingerprint density at radius 1 is 1.05 bits per heavy atom. The monoisotopic (exact) mass is 600 g/mol. The van der Waals surface area contributed by atoms with Crippen LogP contribution in [0.4, 0.5) is 0 Å². The predicted molar refractivity (Wildman–Crippen MR) is 156 cm³/mol. The lowest BCUT2D eigenvalue weighted by Crippen LogP contribution is -2.56. The molecule has 2 aliphatic rings. The molecule has 234 valence electrons. The topological polar surface area (TPSA) is 156 Å². The molecule has 1 aliphatic heterocycles. The molecule has 43 heavy (non-hydrogen) atoms. The van der Waals surface area contributed by atoms with E-state index in [4.69, 9.17) is 23.7 Å². The van der Waals surface area contributed by atoms with Crippen molar-refractivity contribution in [3.8, 4) is 23.0 Å². The highest BCUT2D eigenvalue weighted by Gasteiger charge is 2.51. The first-order valence-electron chi connectivity index (χ1n) is 14.2. The fourth-order valence-electron chi connectivity index (χ4n) is 5.65. The zero-order valence-corrected chi connectivity index (χ0v) is 24.9. The van der Waals surface area contributed by atoms with Gasteiger partial charge in [0, 0.05) is 30.8 Å². The van der Waals surface area contributed by atoms with Crippen LogP contribution in [0.15, 0.2) is 42.0 Å². The van der Waals surface area contributed by atoms with Crippen LogP contribution in [0.1, 0.15) is 29.5 Å². The number of fused-ring (bicyclic) bond motifs is 3. The Hall–Kier alpha value is -3.84. The normalized spacial score (nSPS) is 20.3. The van der Waals surface area contributed by atoms with Gasteiger partial charge in [-0.2, -0.15) is 0 Å². The van der Waals surface area contributed by atoms with Gasteiger partial charge < -0.3 is 49.2 Å². The number of carbonyl (C=O) groups is 2. The summed E-state index contributed by atoms with van der Waals surface area (Å²) in [5.41, 5.74) is 2.17. The molecule has 0 radical (unpaired) electrons. The molecule has 0 aromatic heterocycles. The lowest BCUT2D eigenvalue weighted by Gasteiger charge is -2.40. The molecule has 1 heterocycles. The maximum Gasteiger partial charge on any atom is 0.249 e. The SMILES string of the molecule is CCOCC(=O)N(CCc1cc(OC)ccc1OC)C1C=C(C(=O)NCCO)C2c3cc(CO)cc(OC)c3OC2C1O. The summed E-state index contributed by atoms with van der Waals surface area (Å²) in [6, 6.07) is 7.77. The Morgan fingerprint density at radius 3 is 2.47 bits per heavy atom. The van der Waals surface area contributed by atoms with Gasteiger partial charge in [-0.15, -0.1) is 0 Å². The van der Waals surface area contributed by atoms with Crippen LogP contribution in [0.25, 0.3) is 0 Å². The summed E-state index contributed by atoms with van der Waals surface area (Å²) in [7, 11) is 4.58. The number of rotatable bonds is 14. The molecule has 12 heteroatoms. The highest BCUT2D eigenvalue weighted by molar-refractivity contribution is 5.96. The number of hydrogen-bond donors (Lipinski definition) is 4. The number of benzene rings is 2. The summed E-state index contributed by atoms with van der Waals surface area (Å²) in [6.45, 7) is 1.50. The summed E-state index contributed by atoms with van der Waals surface area (Å²) < 4.78 is 28.1. The van der Waals surface area contributed by atoms with Crippen LogP contribution in [-0.4, -0.2) is 105 Å². The zero-order valence-electron chi connectivity index (χ0n) is 24.9. The number of amides is 2. The van der Waals surface area contributed by atoms with E-state index >= 15 is 0 Å². The second-order valence-electron chi connectivity index (χ2n) is 10.2. The van der Waals surface area contributed by atoms with E-state index in [0.717, 1.165) is 5.56 Å². The Labute approximate surface area is 250 Å². The Kier molecular flexibility index (Phi) is 10.9. The summed E-state index contributed by atoms with van der Waals surface area (Å²) in [5.74, 6) is 0.365. The molecule has 0 saturated carbocycles. The first-order valence-corrected chi connectivity index (χ1v) is 14.2. The number of ether oxygens (including phenoxy) is 5. The van der Waals surface area contributed by atoms with E-state index in [1.807, 2.05) is 6.07 Å². The van der Waals surface area contributed by atoms with Crippen molar-refractivity contribution in [2.75, 3.05) is 54.2 Å². The Morgan fingerprint density at radius 2 is 1.81 bits per heavy atom. The molecule has 0 saturated heterocycles. The molecule has 4 N–H and O–H groups in total. The standard InChI is InChI=1S/C31H40N2O10/c1-5-42-17-26(36)33(10-8-19-14-20(39-2)6-7-24(19)40-3)23-15-22(31(38)32-9-11-34)27-21-12-18(16-35)13-25(41-4)29(21)43-30(27)28(23)37/h6-7,12-15,23,27-28,30,34-35,37H,5,8-11,16-17H2,1-4H3,(H,32,38). The molecular weight excluding hydrogens is 560 g/mol. The van der Waals surface area contributed by atoms with E-state index in [1.165, 1.54) is 12.0 Å². The molecule has 12 nitrogen and oxygen atoms in total. The molecule has 2 aromatic carbocycles. The molecule has 2 aromatic rings. The fraction of sp³-hybridized carbons (Fsp3) is 0.484. The van der Waals surface area contributed by atoms with Crippen LogP contribution in [0.3, 0.4) is 0 Å². The second-order valence-corrected chi connectivity index (χ2v) is 10.2. The average molecular weight is 601 g/mol. The van der Waals surface area contributed by atoms with Crippen LogP contribution in [-0.2, 0) is 27.4 Å². The van der Waals surface area contributed by atoms with Gasteiger partial charge in [-0.1, -0.05) is 0 Å². The molecule has 4 atom stereocenters. The maximum atomic E-state index is 13.6. The van der Waals surface area contributed by atoms with Crippen molar-refractivity contribution in [3.05, 3.63) is 58.7 Å². The number of aliphatic hydroxyl groups excluding tert-OH is 3. The van der Waals surface area contributed by atoms with Crippen molar-refractivity contribution >= 4 is 11.8 Å². The number of carbonyl (C=O) groups excluding carboxylic acids is 2.